The molecule has 2 rings (SSSR count). The molecule has 0 bridgehead atoms. The van der Waals surface area contributed by atoms with Gasteiger partial charge in [0.25, 0.3) is 0 Å². The van der Waals surface area contributed by atoms with E-state index in [9.17, 15) is 5.11 Å². The number of nitrogens with zero attached hydrogens (tertiary/aromatic N) is 1. The SMILES string of the molecule is CC1NCCN2C[C@@H](O)CC[C@@H]12. The molecule has 2 saturated heterocycles. The maximum Gasteiger partial charge on any atom is 0.0667 e. The van der Waals surface area contributed by atoms with Crippen molar-refractivity contribution >= 4 is 0 Å². The second-order valence-electron chi connectivity index (χ2n) is 4.04. The molecule has 3 nitrogen and oxygen atoms in total. The quantitative estimate of drug-likeness (QED) is 0.528. The van der Waals surface area contributed by atoms with Crippen molar-refractivity contribution in [3.8, 4) is 0 Å². The van der Waals surface area contributed by atoms with E-state index in [0.717, 1.165) is 32.5 Å². The second-order valence-corrected chi connectivity index (χ2v) is 4.04. The number of rotatable bonds is 0. The van der Waals surface area contributed by atoms with Crippen molar-refractivity contribution in [1.29, 1.82) is 0 Å². The average molecular weight is 170 g/mol. The first-order valence-corrected chi connectivity index (χ1v) is 4.93. The van der Waals surface area contributed by atoms with Crippen molar-refractivity contribution in [3.63, 3.8) is 0 Å². The van der Waals surface area contributed by atoms with E-state index in [4.69, 9.17) is 0 Å². The molecule has 12 heavy (non-hydrogen) atoms. The molecule has 70 valence electrons. The zero-order valence-corrected chi connectivity index (χ0v) is 7.66. The van der Waals surface area contributed by atoms with Gasteiger partial charge in [-0.25, -0.2) is 0 Å². The van der Waals surface area contributed by atoms with Crippen LogP contribution in [0.3, 0.4) is 0 Å². The molecule has 2 aliphatic heterocycles. The van der Waals surface area contributed by atoms with Gasteiger partial charge in [-0.1, -0.05) is 0 Å². The molecule has 2 aliphatic rings. The van der Waals surface area contributed by atoms with Crippen LogP contribution in [0.15, 0.2) is 0 Å². The van der Waals surface area contributed by atoms with Gasteiger partial charge in [0.05, 0.1) is 6.10 Å². The van der Waals surface area contributed by atoms with E-state index in [2.05, 4.69) is 17.1 Å². The van der Waals surface area contributed by atoms with Gasteiger partial charge in [-0.2, -0.15) is 0 Å². The smallest absolute Gasteiger partial charge is 0.0667 e. The summed E-state index contributed by atoms with van der Waals surface area (Å²) in [6, 6.07) is 1.27. The van der Waals surface area contributed by atoms with Crippen molar-refractivity contribution in [3.05, 3.63) is 0 Å². The Morgan fingerprint density at radius 2 is 2.25 bits per heavy atom. The van der Waals surface area contributed by atoms with Crippen LogP contribution in [0.1, 0.15) is 19.8 Å². The zero-order chi connectivity index (χ0) is 8.55. The fourth-order valence-electron chi connectivity index (χ4n) is 2.44. The Labute approximate surface area is 73.8 Å². The number of piperidine rings is 1. The van der Waals surface area contributed by atoms with Gasteiger partial charge < -0.3 is 10.4 Å². The number of piperazine rings is 1. The van der Waals surface area contributed by atoms with Gasteiger partial charge >= 0.3 is 0 Å². The molecule has 2 fully saturated rings. The molecule has 2 heterocycles. The minimum atomic E-state index is -0.0773. The summed E-state index contributed by atoms with van der Waals surface area (Å²) in [7, 11) is 0. The van der Waals surface area contributed by atoms with Gasteiger partial charge in [0, 0.05) is 31.7 Å². The van der Waals surface area contributed by atoms with Gasteiger partial charge in [0.15, 0.2) is 0 Å². The number of hydrogen-bond acceptors (Lipinski definition) is 3. The molecule has 0 aromatic carbocycles. The lowest BCUT2D eigenvalue weighted by Crippen LogP contribution is -2.60. The summed E-state index contributed by atoms with van der Waals surface area (Å²) in [5.74, 6) is 0. The van der Waals surface area contributed by atoms with Crippen LogP contribution in [0.2, 0.25) is 0 Å². The largest absolute Gasteiger partial charge is 0.392 e. The van der Waals surface area contributed by atoms with Gasteiger partial charge in [0.1, 0.15) is 0 Å². The van der Waals surface area contributed by atoms with Gasteiger partial charge in [-0.05, 0) is 19.8 Å². The Kier molecular flexibility index (Phi) is 2.35. The van der Waals surface area contributed by atoms with E-state index in [1.54, 1.807) is 0 Å². The Hall–Kier alpha value is -0.120. The van der Waals surface area contributed by atoms with Crippen LogP contribution in [0.4, 0.5) is 0 Å². The monoisotopic (exact) mass is 170 g/mol. The van der Waals surface area contributed by atoms with Gasteiger partial charge in [0.2, 0.25) is 0 Å². The number of aliphatic hydroxyl groups excluding tert-OH is 1. The number of nitrogens with one attached hydrogen (secondary N) is 1. The number of hydrogen-bond donors (Lipinski definition) is 2. The fourth-order valence-corrected chi connectivity index (χ4v) is 2.44. The first-order valence-electron chi connectivity index (χ1n) is 4.93. The van der Waals surface area contributed by atoms with Crippen molar-refractivity contribution < 1.29 is 5.11 Å². The summed E-state index contributed by atoms with van der Waals surface area (Å²) in [5.41, 5.74) is 0. The maximum absolute atomic E-state index is 9.47. The standard InChI is InChI=1S/C9H18N2O/c1-7-9-3-2-8(12)6-11(9)5-4-10-7/h7-10,12H,2-6H2,1H3/t7?,8-,9-/m0/s1. The minimum Gasteiger partial charge on any atom is -0.392 e. The summed E-state index contributed by atoms with van der Waals surface area (Å²) in [5, 5.41) is 12.9. The highest BCUT2D eigenvalue weighted by Gasteiger charge is 2.32. The third-order valence-corrected chi connectivity index (χ3v) is 3.15. The highest BCUT2D eigenvalue weighted by molar-refractivity contribution is 4.91. The lowest BCUT2D eigenvalue weighted by molar-refractivity contribution is 0.00918. The molecule has 0 aliphatic carbocycles. The van der Waals surface area contributed by atoms with Crippen LogP contribution < -0.4 is 5.32 Å². The van der Waals surface area contributed by atoms with Crippen LogP contribution in [-0.4, -0.2) is 47.8 Å². The Balaban J connectivity index is 1.99. The van der Waals surface area contributed by atoms with Crippen LogP contribution in [0.25, 0.3) is 0 Å². The lowest BCUT2D eigenvalue weighted by atomic mass is 9.93. The van der Waals surface area contributed by atoms with E-state index in [1.165, 1.54) is 0 Å². The molecule has 0 aromatic heterocycles. The Morgan fingerprint density at radius 1 is 1.42 bits per heavy atom. The Morgan fingerprint density at radius 3 is 3.08 bits per heavy atom. The van der Waals surface area contributed by atoms with E-state index in [0.29, 0.717) is 12.1 Å². The fraction of sp³-hybridized carbons (Fsp3) is 1.00. The first kappa shape index (κ1) is 8.48. The molecule has 2 N–H and O–H groups in total. The third-order valence-electron chi connectivity index (χ3n) is 3.15. The number of fused-ring (bicyclic) bond motifs is 1. The van der Waals surface area contributed by atoms with Crippen molar-refractivity contribution in [2.24, 2.45) is 0 Å². The van der Waals surface area contributed by atoms with Crippen molar-refractivity contribution in [2.75, 3.05) is 19.6 Å². The van der Waals surface area contributed by atoms with E-state index < -0.39 is 0 Å². The molecule has 0 spiro atoms. The molecule has 3 heteroatoms. The zero-order valence-electron chi connectivity index (χ0n) is 7.66. The highest BCUT2D eigenvalue weighted by Crippen LogP contribution is 2.21. The molecular formula is C9H18N2O. The maximum atomic E-state index is 9.47. The van der Waals surface area contributed by atoms with Gasteiger partial charge in [-0.3, -0.25) is 4.90 Å². The van der Waals surface area contributed by atoms with Crippen LogP contribution in [0.5, 0.6) is 0 Å². The summed E-state index contributed by atoms with van der Waals surface area (Å²) >= 11 is 0. The van der Waals surface area contributed by atoms with Crippen LogP contribution in [0, 0.1) is 0 Å². The average Bonchev–Trinajstić information content (AvgIpc) is 2.04. The number of aliphatic hydroxyl groups is 1. The van der Waals surface area contributed by atoms with Crippen LogP contribution >= 0.6 is 0 Å². The molecular weight excluding hydrogens is 152 g/mol. The predicted octanol–water partition coefficient (Wildman–Crippen LogP) is -0.197. The molecule has 0 aromatic rings. The molecule has 1 unspecified atom stereocenters. The van der Waals surface area contributed by atoms with E-state index in [-0.39, 0.29) is 6.10 Å². The first-order chi connectivity index (χ1) is 5.77. The topological polar surface area (TPSA) is 35.5 Å². The van der Waals surface area contributed by atoms with E-state index >= 15 is 0 Å². The van der Waals surface area contributed by atoms with Crippen molar-refractivity contribution in [2.45, 2.75) is 38.0 Å². The lowest BCUT2D eigenvalue weighted by Gasteiger charge is -2.45. The minimum absolute atomic E-state index is 0.0773. The Bertz CT molecular complexity index is 163. The third kappa shape index (κ3) is 1.49. The van der Waals surface area contributed by atoms with Gasteiger partial charge in [-0.15, -0.1) is 0 Å². The summed E-state index contributed by atoms with van der Waals surface area (Å²) in [4.78, 5) is 2.43. The molecule has 0 amide bonds. The predicted molar refractivity (Wildman–Crippen MR) is 48.1 cm³/mol. The normalized spacial score (nSPS) is 44.0. The van der Waals surface area contributed by atoms with Crippen LogP contribution in [-0.2, 0) is 0 Å². The van der Waals surface area contributed by atoms with Crippen molar-refractivity contribution in [1.82, 2.24) is 10.2 Å². The highest BCUT2D eigenvalue weighted by atomic mass is 16.3. The molecule has 3 atom stereocenters. The second kappa shape index (κ2) is 3.32. The summed E-state index contributed by atoms with van der Waals surface area (Å²) < 4.78 is 0. The molecule has 0 saturated carbocycles. The summed E-state index contributed by atoms with van der Waals surface area (Å²) in [6.45, 7) is 5.31. The molecule has 0 radical (unpaired) electrons. The van der Waals surface area contributed by atoms with E-state index in [1.807, 2.05) is 0 Å². The summed E-state index contributed by atoms with van der Waals surface area (Å²) in [6.07, 6.45) is 2.05.